The molecule has 148 valence electrons. The normalized spacial score (nSPS) is 14.9. The predicted molar refractivity (Wildman–Crippen MR) is 123 cm³/mol. The topological polar surface area (TPSA) is 75.7 Å². The summed E-state index contributed by atoms with van der Waals surface area (Å²) in [6.45, 7) is 3.63. The number of rotatable bonds is 7. The lowest BCUT2D eigenvalue weighted by atomic mass is 10.2. The molecule has 6 nitrogen and oxygen atoms in total. The van der Waals surface area contributed by atoms with Gasteiger partial charge < -0.3 is 10.1 Å². The molecule has 29 heavy (non-hydrogen) atoms. The summed E-state index contributed by atoms with van der Waals surface area (Å²) in [5.74, 6) is -0.292. The van der Waals surface area contributed by atoms with Crippen molar-refractivity contribution >= 4 is 63.2 Å². The van der Waals surface area contributed by atoms with Crippen molar-refractivity contribution in [2.75, 3.05) is 18.5 Å². The summed E-state index contributed by atoms with van der Waals surface area (Å²) in [7, 11) is 0. The summed E-state index contributed by atoms with van der Waals surface area (Å²) in [5.41, 5.74) is 1.33. The molecule has 1 fully saturated rings. The molecule has 1 saturated heterocycles. The minimum absolute atomic E-state index is 0.262. The van der Waals surface area contributed by atoms with Gasteiger partial charge >= 0.3 is 0 Å². The molecule has 3 rings (SSSR count). The molecule has 0 unspecified atom stereocenters. The number of carbonyl (C=O) groups excluding carboxylic acids is 3. The van der Waals surface area contributed by atoms with E-state index in [0.29, 0.717) is 18.0 Å². The highest BCUT2D eigenvalue weighted by Gasteiger charge is 2.36. The number of hydrogen-bond donors (Lipinski definition) is 1. The van der Waals surface area contributed by atoms with Crippen LogP contribution in [0.3, 0.4) is 0 Å². The zero-order chi connectivity index (χ0) is 20.8. The number of nitrogens with zero attached hydrogens (tertiary/aromatic N) is 1. The fourth-order valence-corrected chi connectivity index (χ4v) is 3.71. The summed E-state index contributed by atoms with van der Waals surface area (Å²) in [6, 6.07) is 14.4. The monoisotopic (exact) mass is 520 g/mol. The molecular formula is C21H17IN2O4S. The Morgan fingerprint density at radius 2 is 1.97 bits per heavy atom. The molecule has 0 aliphatic carbocycles. The largest absolute Gasteiger partial charge is 0.490 e. The molecule has 0 aromatic heterocycles. The van der Waals surface area contributed by atoms with E-state index >= 15 is 0 Å². The van der Waals surface area contributed by atoms with Gasteiger partial charge in [0.15, 0.2) is 0 Å². The van der Waals surface area contributed by atoms with E-state index in [0.717, 1.165) is 25.8 Å². The lowest BCUT2D eigenvalue weighted by molar-refractivity contribution is -0.127. The smallest absolute Gasteiger partial charge is 0.294 e. The molecule has 1 aliphatic rings. The van der Waals surface area contributed by atoms with E-state index in [1.807, 2.05) is 12.1 Å². The van der Waals surface area contributed by atoms with Gasteiger partial charge in [0.05, 0.1) is 4.91 Å². The van der Waals surface area contributed by atoms with Crippen LogP contribution in [0, 0.1) is 3.57 Å². The first-order valence-electron chi connectivity index (χ1n) is 8.61. The Kier molecular flexibility index (Phi) is 7.10. The predicted octanol–water partition coefficient (Wildman–Crippen LogP) is 4.53. The van der Waals surface area contributed by atoms with Gasteiger partial charge in [-0.2, -0.15) is 0 Å². The standard InChI is InChI=1S/C21H17IN2O4S/c1-2-10-28-17-5-3-4-14(11-17)12-18-20(26)24(21(27)29-18)13-19(25)23-16-8-6-15(22)7-9-16/h2-9,11-12H,1,10,13H2,(H,23,25)/b18-12+. The number of ether oxygens (including phenoxy) is 1. The van der Waals surface area contributed by atoms with Crippen molar-refractivity contribution in [1.82, 2.24) is 4.90 Å². The molecule has 1 aliphatic heterocycles. The highest BCUT2D eigenvalue weighted by atomic mass is 127. The second-order valence-corrected chi connectivity index (χ2v) is 8.23. The Morgan fingerprint density at radius 3 is 2.69 bits per heavy atom. The quantitative estimate of drug-likeness (QED) is 0.330. The summed E-state index contributed by atoms with van der Waals surface area (Å²) >= 11 is 2.97. The average Bonchev–Trinajstić information content (AvgIpc) is 2.96. The molecule has 0 spiro atoms. The SMILES string of the molecule is C=CCOc1cccc(/C=C2/SC(=O)N(CC(=O)Nc3ccc(I)cc3)C2=O)c1. The first-order valence-corrected chi connectivity index (χ1v) is 10.5. The van der Waals surface area contributed by atoms with Crippen LogP contribution in [0.1, 0.15) is 5.56 Å². The maximum atomic E-state index is 12.6. The zero-order valence-corrected chi connectivity index (χ0v) is 18.2. The Hall–Kier alpha value is -2.59. The number of carbonyl (C=O) groups is 3. The number of anilines is 1. The number of halogens is 1. The van der Waals surface area contributed by atoms with Crippen LogP contribution in [0.2, 0.25) is 0 Å². The van der Waals surface area contributed by atoms with Gasteiger partial charge in [0.2, 0.25) is 5.91 Å². The van der Waals surface area contributed by atoms with E-state index in [4.69, 9.17) is 4.74 Å². The third kappa shape index (κ3) is 5.70. The fourth-order valence-electron chi connectivity index (χ4n) is 2.51. The van der Waals surface area contributed by atoms with Gasteiger partial charge in [-0.1, -0.05) is 24.8 Å². The van der Waals surface area contributed by atoms with Gasteiger partial charge in [-0.15, -0.1) is 0 Å². The van der Waals surface area contributed by atoms with E-state index in [1.165, 1.54) is 0 Å². The van der Waals surface area contributed by atoms with Crippen molar-refractivity contribution in [2.45, 2.75) is 0 Å². The van der Waals surface area contributed by atoms with Crippen LogP contribution in [0.5, 0.6) is 5.75 Å². The number of benzene rings is 2. The van der Waals surface area contributed by atoms with Crippen molar-refractivity contribution in [1.29, 1.82) is 0 Å². The minimum Gasteiger partial charge on any atom is -0.490 e. The van der Waals surface area contributed by atoms with Crippen LogP contribution >= 0.6 is 34.4 Å². The van der Waals surface area contributed by atoms with Crippen LogP contribution in [0.15, 0.2) is 66.1 Å². The van der Waals surface area contributed by atoms with E-state index in [2.05, 4.69) is 34.5 Å². The third-order valence-electron chi connectivity index (χ3n) is 3.83. The van der Waals surface area contributed by atoms with E-state index in [9.17, 15) is 14.4 Å². The van der Waals surface area contributed by atoms with Crippen LogP contribution in [-0.2, 0) is 9.59 Å². The summed E-state index contributed by atoms with van der Waals surface area (Å²) in [6.07, 6.45) is 3.25. The number of thioether (sulfide) groups is 1. The molecular weight excluding hydrogens is 503 g/mol. The first kappa shape index (κ1) is 21.1. The van der Waals surface area contributed by atoms with Gasteiger partial charge in [0, 0.05) is 9.26 Å². The highest BCUT2D eigenvalue weighted by molar-refractivity contribution is 14.1. The lowest BCUT2D eigenvalue weighted by Crippen LogP contribution is -2.36. The molecule has 0 radical (unpaired) electrons. The number of nitrogens with one attached hydrogen (secondary N) is 1. The molecule has 0 bridgehead atoms. The Morgan fingerprint density at radius 1 is 1.21 bits per heavy atom. The zero-order valence-electron chi connectivity index (χ0n) is 15.3. The number of hydrogen-bond acceptors (Lipinski definition) is 5. The van der Waals surface area contributed by atoms with Gasteiger partial charge in [-0.05, 0) is 82.4 Å². The second-order valence-electron chi connectivity index (χ2n) is 6.00. The van der Waals surface area contributed by atoms with Crippen LogP contribution in [-0.4, -0.2) is 35.1 Å². The van der Waals surface area contributed by atoms with Crippen LogP contribution < -0.4 is 10.1 Å². The van der Waals surface area contributed by atoms with Crippen LogP contribution in [0.4, 0.5) is 10.5 Å². The van der Waals surface area contributed by atoms with Gasteiger partial charge in [0.1, 0.15) is 18.9 Å². The third-order valence-corrected chi connectivity index (χ3v) is 5.45. The van der Waals surface area contributed by atoms with Gasteiger partial charge in [-0.3, -0.25) is 19.3 Å². The summed E-state index contributed by atoms with van der Waals surface area (Å²) in [5, 5.41) is 2.21. The van der Waals surface area contributed by atoms with Gasteiger partial charge in [0.25, 0.3) is 11.1 Å². The summed E-state index contributed by atoms with van der Waals surface area (Å²) < 4.78 is 6.51. The van der Waals surface area contributed by atoms with Crippen molar-refractivity contribution in [3.63, 3.8) is 0 Å². The maximum absolute atomic E-state index is 12.6. The summed E-state index contributed by atoms with van der Waals surface area (Å²) in [4.78, 5) is 38.3. The minimum atomic E-state index is -0.491. The Bertz CT molecular complexity index is 988. The molecule has 2 aromatic carbocycles. The molecule has 0 atom stereocenters. The molecule has 1 heterocycles. The van der Waals surface area contributed by atoms with E-state index < -0.39 is 17.1 Å². The van der Waals surface area contributed by atoms with Gasteiger partial charge in [-0.25, -0.2) is 0 Å². The first-order chi connectivity index (χ1) is 14.0. The molecule has 3 amide bonds. The maximum Gasteiger partial charge on any atom is 0.294 e. The van der Waals surface area contributed by atoms with E-state index in [1.54, 1.807) is 48.6 Å². The van der Waals surface area contributed by atoms with Crippen molar-refractivity contribution in [3.05, 3.63) is 75.2 Å². The number of amides is 3. The number of imide groups is 1. The average molecular weight is 520 g/mol. The molecule has 8 heteroatoms. The Labute approximate surface area is 186 Å². The fraction of sp³-hybridized carbons (Fsp3) is 0.0952. The van der Waals surface area contributed by atoms with Crippen molar-refractivity contribution in [3.8, 4) is 5.75 Å². The lowest BCUT2D eigenvalue weighted by Gasteiger charge is -2.12. The second kappa shape index (κ2) is 9.75. The highest BCUT2D eigenvalue weighted by Crippen LogP contribution is 2.32. The molecule has 1 N–H and O–H groups in total. The molecule has 2 aromatic rings. The van der Waals surface area contributed by atoms with Crippen LogP contribution in [0.25, 0.3) is 6.08 Å². The molecule has 0 saturated carbocycles. The van der Waals surface area contributed by atoms with E-state index in [-0.39, 0.29) is 11.4 Å². The van der Waals surface area contributed by atoms with Crippen molar-refractivity contribution < 1.29 is 19.1 Å². The van der Waals surface area contributed by atoms with Crippen molar-refractivity contribution in [2.24, 2.45) is 0 Å². The Balaban J connectivity index is 1.67.